The summed E-state index contributed by atoms with van der Waals surface area (Å²) in [6, 6.07) is 0. The lowest BCUT2D eigenvalue weighted by Crippen LogP contribution is -2.26. The lowest BCUT2D eigenvalue weighted by atomic mass is 10.4. The van der Waals surface area contributed by atoms with Gasteiger partial charge in [0.05, 0.1) is 0 Å². The summed E-state index contributed by atoms with van der Waals surface area (Å²) in [5.74, 6) is 1.16. The van der Waals surface area contributed by atoms with Gasteiger partial charge in [-0.2, -0.15) is 11.8 Å². The number of hydrogen-bond acceptors (Lipinski definition) is 3. The second kappa shape index (κ2) is 7.88. The molecule has 66 valence electrons. The first-order valence-electron chi connectivity index (χ1n) is 3.77. The van der Waals surface area contributed by atoms with E-state index in [2.05, 4.69) is 11.6 Å². The van der Waals surface area contributed by atoms with E-state index in [1.54, 1.807) is 11.8 Å². The fourth-order valence-electron chi connectivity index (χ4n) is 0.664. The Labute approximate surface area is 72.1 Å². The van der Waals surface area contributed by atoms with Crippen LogP contribution in [0.15, 0.2) is 0 Å². The van der Waals surface area contributed by atoms with Crippen molar-refractivity contribution >= 4 is 17.7 Å². The van der Waals surface area contributed by atoms with Gasteiger partial charge in [-0.15, -0.1) is 0 Å². The summed E-state index contributed by atoms with van der Waals surface area (Å²) in [6.07, 6.45) is 3.54. The first-order chi connectivity index (χ1) is 5.31. The summed E-state index contributed by atoms with van der Waals surface area (Å²) in [6.45, 7) is 1.22. The maximum absolute atomic E-state index is 10.8. The molecule has 0 atom stereocenters. The monoisotopic (exact) mass is 176 g/mol. The van der Waals surface area contributed by atoms with Gasteiger partial charge in [0, 0.05) is 19.5 Å². The van der Waals surface area contributed by atoms with Gasteiger partial charge in [0.25, 0.3) is 0 Å². The van der Waals surface area contributed by atoms with Crippen molar-refractivity contribution in [3.8, 4) is 0 Å². The predicted octanol–water partition coefficient (Wildman–Crippen LogP) is 0.205. The third kappa shape index (κ3) is 7.68. The minimum absolute atomic E-state index is 0.0635. The summed E-state index contributed by atoms with van der Waals surface area (Å²) in [7, 11) is 0. The molecule has 0 spiro atoms. The molecule has 3 nitrogen and oxygen atoms in total. The van der Waals surface area contributed by atoms with E-state index in [1.165, 1.54) is 0 Å². The SMILES string of the molecule is CSCCCNC(=O)CCN. The summed E-state index contributed by atoms with van der Waals surface area (Å²) in [5.41, 5.74) is 5.19. The zero-order chi connectivity index (χ0) is 8.53. The van der Waals surface area contributed by atoms with Gasteiger partial charge in [-0.25, -0.2) is 0 Å². The zero-order valence-electron chi connectivity index (χ0n) is 6.93. The molecular weight excluding hydrogens is 160 g/mol. The van der Waals surface area contributed by atoms with Gasteiger partial charge in [-0.05, 0) is 18.4 Å². The molecule has 0 aliphatic carbocycles. The molecule has 0 aliphatic rings. The van der Waals surface area contributed by atoms with Crippen LogP contribution in [0.25, 0.3) is 0 Å². The highest BCUT2D eigenvalue weighted by atomic mass is 32.2. The van der Waals surface area contributed by atoms with Gasteiger partial charge in [-0.1, -0.05) is 0 Å². The molecule has 0 fully saturated rings. The number of amides is 1. The fraction of sp³-hybridized carbons (Fsp3) is 0.857. The molecule has 1 amide bonds. The Morgan fingerprint density at radius 1 is 1.64 bits per heavy atom. The number of nitrogens with one attached hydrogen (secondary N) is 1. The van der Waals surface area contributed by atoms with Crippen LogP contribution in [-0.2, 0) is 4.79 Å². The molecule has 0 aliphatic heterocycles. The Bertz CT molecular complexity index is 109. The van der Waals surface area contributed by atoms with E-state index in [4.69, 9.17) is 5.73 Å². The van der Waals surface area contributed by atoms with E-state index >= 15 is 0 Å². The quantitative estimate of drug-likeness (QED) is 0.569. The van der Waals surface area contributed by atoms with Crippen LogP contribution < -0.4 is 11.1 Å². The average Bonchev–Trinajstić information content (AvgIpc) is 1.99. The minimum atomic E-state index is 0.0635. The molecular formula is C7H16N2OS. The number of thioether (sulfide) groups is 1. The van der Waals surface area contributed by atoms with Crippen LogP contribution in [0.4, 0.5) is 0 Å². The van der Waals surface area contributed by atoms with Crippen LogP contribution in [0.3, 0.4) is 0 Å². The van der Waals surface area contributed by atoms with Crippen molar-refractivity contribution in [1.82, 2.24) is 5.32 Å². The molecule has 0 unspecified atom stereocenters. The third-order valence-corrected chi connectivity index (χ3v) is 1.92. The lowest BCUT2D eigenvalue weighted by molar-refractivity contribution is -0.120. The van der Waals surface area contributed by atoms with Crippen LogP contribution in [-0.4, -0.2) is 31.0 Å². The van der Waals surface area contributed by atoms with Gasteiger partial charge < -0.3 is 11.1 Å². The highest BCUT2D eigenvalue weighted by Crippen LogP contribution is 1.93. The summed E-state index contributed by atoms with van der Waals surface area (Å²) >= 11 is 1.79. The summed E-state index contributed by atoms with van der Waals surface area (Å²) < 4.78 is 0. The number of hydrogen-bond donors (Lipinski definition) is 2. The smallest absolute Gasteiger partial charge is 0.221 e. The molecule has 0 saturated carbocycles. The van der Waals surface area contributed by atoms with Gasteiger partial charge in [0.1, 0.15) is 0 Å². The van der Waals surface area contributed by atoms with Crippen molar-refractivity contribution < 1.29 is 4.79 Å². The number of nitrogens with two attached hydrogens (primary N) is 1. The molecule has 0 aromatic heterocycles. The molecule has 0 aromatic carbocycles. The standard InChI is InChI=1S/C7H16N2OS/c1-11-6-2-5-9-7(10)3-4-8/h2-6,8H2,1H3,(H,9,10). The summed E-state index contributed by atoms with van der Waals surface area (Å²) in [5, 5.41) is 2.79. The van der Waals surface area contributed by atoms with Crippen molar-refractivity contribution in [1.29, 1.82) is 0 Å². The van der Waals surface area contributed by atoms with Crippen LogP contribution in [0, 0.1) is 0 Å². The van der Waals surface area contributed by atoms with Gasteiger partial charge in [0.15, 0.2) is 0 Å². The van der Waals surface area contributed by atoms with Crippen molar-refractivity contribution in [2.24, 2.45) is 5.73 Å². The van der Waals surface area contributed by atoms with Crippen LogP contribution in [0.2, 0.25) is 0 Å². The van der Waals surface area contributed by atoms with Gasteiger partial charge in [-0.3, -0.25) is 4.79 Å². The molecule has 0 radical (unpaired) electrons. The largest absolute Gasteiger partial charge is 0.356 e. The highest BCUT2D eigenvalue weighted by molar-refractivity contribution is 7.98. The third-order valence-electron chi connectivity index (χ3n) is 1.22. The molecule has 4 heteroatoms. The Morgan fingerprint density at radius 3 is 2.91 bits per heavy atom. The molecule has 0 heterocycles. The molecule has 3 N–H and O–H groups in total. The number of rotatable bonds is 6. The van der Waals surface area contributed by atoms with Crippen molar-refractivity contribution in [3.05, 3.63) is 0 Å². The molecule has 0 saturated heterocycles. The Kier molecular flexibility index (Phi) is 7.72. The first kappa shape index (κ1) is 10.8. The normalized spacial score (nSPS) is 9.64. The van der Waals surface area contributed by atoms with Crippen LogP contribution >= 0.6 is 11.8 Å². The maximum Gasteiger partial charge on any atom is 0.221 e. The molecule has 0 rings (SSSR count). The minimum Gasteiger partial charge on any atom is -0.356 e. The van der Waals surface area contributed by atoms with E-state index < -0.39 is 0 Å². The van der Waals surface area contributed by atoms with Crippen LogP contribution in [0.1, 0.15) is 12.8 Å². The molecule has 11 heavy (non-hydrogen) atoms. The van der Waals surface area contributed by atoms with E-state index in [0.29, 0.717) is 13.0 Å². The summed E-state index contributed by atoms with van der Waals surface area (Å²) in [4.78, 5) is 10.8. The van der Waals surface area contributed by atoms with Gasteiger partial charge in [0.2, 0.25) is 5.91 Å². The van der Waals surface area contributed by atoms with Crippen molar-refractivity contribution in [2.75, 3.05) is 25.1 Å². The maximum atomic E-state index is 10.8. The second-order valence-electron chi connectivity index (χ2n) is 2.23. The first-order valence-corrected chi connectivity index (χ1v) is 5.16. The molecule has 0 bridgehead atoms. The van der Waals surface area contributed by atoms with E-state index in [0.717, 1.165) is 18.7 Å². The Balaban J connectivity index is 3.04. The van der Waals surface area contributed by atoms with Crippen LogP contribution in [0.5, 0.6) is 0 Å². The Hall–Kier alpha value is -0.220. The highest BCUT2D eigenvalue weighted by Gasteiger charge is 1.96. The van der Waals surface area contributed by atoms with E-state index in [-0.39, 0.29) is 5.91 Å². The number of carbonyl (C=O) groups is 1. The van der Waals surface area contributed by atoms with Gasteiger partial charge >= 0.3 is 0 Å². The predicted molar refractivity (Wildman–Crippen MR) is 49.7 cm³/mol. The lowest BCUT2D eigenvalue weighted by Gasteiger charge is -2.01. The van der Waals surface area contributed by atoms with E-state index in [9.17, 15) is 4.79 Å². The van der Waals surface area contributed by atoms with E-state index in [1.807, 2.05) is 0 Å². The Morgan fingerprint density at radius 2 is 2.36 bits per heavy atom. The van der Waals surface area contributed by atoms with Crippen molar-refractivity contribution in [3.63, 3.8) is 0 Å². The fourth-order valence-corrected chi connectivity index (χ4v) is 1.10. The average molecular weight is 176 g/mol. The second-order valence-corrected chi connectivity index (χ2v) is 3.22. The molecule has 0 aromatic rings. The number of carbonyl (C=O) groups excluding carboxylic acids is 1. The topological polar surface area (TPSA) is 55.1 Å². The van der Waals surface area contributed by atoms with Crippen molar-refractivity contribution in [2.45, 2.75) is 12.8 Å². The zero-order valence-corrected chi connectivity index (χ0v) is 7.75.